The molecule has 3 rings (SSSR count). The van der Waals surface area contributed by atoms with Gasteiger partial charge in [0.2, 0.25) is 5.91 Å². The smallest absolute Gasteiger partial charge is 0.249 e. The number of methoxy groups -OCH3 is 2. The van der Waals surface area contributed by atoms with E-state index >= 15 is 0 Å². The Morgan fingerprint density at radius 1 is 1.20 bits per heavy atom. The minimum atomic E-state index is -0.349. The molecule has 1 unspecified atom stereocenters. The third-order valence-electron chi connectivity index (χ3n) is 4.22. The number of carbonyl (C=O) groups is 1. The molecule has 25 heavy (non-hydrogen) atoms. The average Bonchev–Trinajstić information content (AvgIpc) is 2.63. The average molecular weight is 345 g/mol. The van der Waals surface area contributed by atoms with Gasteiger partial charge in [-0.3, -0.25) is 4.79 Å². The molecule has 1 fully saturated rings. The van der Waals surface area contributed by atoms with Gasteiger partial charge in [0.15, 0.2) is 0 Å². The Balaban J connectivity index is 1.78. The molecule has 2 aromatic rings. The van der Waals surface area contributed by atoms with Crippen molar-refractivity contribution in [2.45, 2.75) is 12.6 Å². The van der Waals surface area contributed by atoms with Gasteiger partial charge in [-0.05, 0) is 29.8 Å². The topological polar surface area (TPSA) is 48.0 Å². The van der Waals surface area contributed by atoms with Crippen LogP contribution in [0.1, 0.15) is 17.2 Å². The Morgan fingerprint density at radius 3 is 2.76 bits per heavy atom. The molecule has 1 aliphatic heterocycles. The quantitative estimate of drug-likeness (QED) is 0.836. The molecule has 2 aromatic carbocycles. The Morgan fingerprint density at radius 2 is 2.04 bits per heavy atom. The minimum Gasteiger partial charge on any atom is -0.497 e. The molecule has 0 saturated carbocycles. The van der Waals surface area contributed by atoms with Crippen LogP contribution in [0.15, 0.2) is 42.5 Å². The van der Waals surface area contributed by atoms with Crippen LogP contribution in [0.25, 0.3) is 0 Å². The molecular formula is C19H20FNO4. The number of hydrogen-bond acceptors (Lipinski definition) is 4. The molecule has 1 saturated heterocycles. The second kappa shape index (κ2) is 7.53. The summed E-state index contributed by atoms with van der Waals surface area (Å²) >= 11 is 0. The summed E-state index contributed by atoms with van der Waals surface area (Å²) in [5, 5.41) is 0. The molecule has 0 aliphatic carbocycles. The number of morpholine rings is 1. The molecule has 1 aliphatic rings. The van der Waals surface area contributed by atoms with Crippen molar-refractivity contribution in [2.24, 2.45) is 0 Å². The lowest BCUT2D eigenvalue weighted by Gasteiger charge is -2.33. The zero-order chi connectivity index (χ0) is 17.8. The van der Waals surface area contributed by atoms with Crippen LogP contribution in [0.4, 0.5) is 4.39 Å². The van der Waals surface area contributed by atoms with Crippen molar-refractivity contribution in [3.8, 4) is 11.5 Å². The van der Waals surface area contributed by atoms with E-state index in [9.17, 15) is 9.18 Å². The maximum atomic E-state index is 13.4. The van der Waals surface area contributed by atoms with Gasteiger partial charge in [-0.15, -0.1) is 0 Å². The number of rotatable bonds is 5. The van der Waals surface area contributed by atoms with Gasteiger partial charge in [0.05, 0.1) is 20.8 Å². The Labute approximate surface area is 145 Å². The highest BCUT2D eigenvalue weighted by Crippen LogP contribution is 2.29. The van der Waals surface area contributed by atoms with Crippen LogP contribution in [-0.4, -0.2) is 38.2 Å². The summed E-state index contributed by atoms with van der Waals surface area (Å²) in [6.45, 7) is 0.721. The molecule has 0 bridgehead atoms. The van der Waals surface area contributed by atoms with Crippen molar-refractivity contribution in [3.63, 3.8) is 0 Å². The summed E-state index contributed by atoms with van der Waals surface area (Å²) in [7, 11) is 3.17. The predicted molar refractivity (Wildman–Crippen MR) is 90.1 cm³/mol. The van der Waals surface area contributed by atoms with E-state index in [0.717, 1.165) is 11.1 Å². The molecule has 0 N–H and O–H groups in total. The van der Waals surface area contributed by atoms with Crippen LogP contribution in [-0.2, 0) is 16.1 Å². The normalized spacial score (nSPS) is 17.5. The molecule has 6 heteroatoms. The minimum absolute atomic E-state index is 0.0281. The SMILES string of the molecule is COc1ccc(CN2CC(c3cccc(F)c3)OCC2=O)c(OC)c1. The van der Waals surface area contributed by atoms with Crippen LogP contribution < -0.4 is 9.47 Å². The van der Waals surface area contributed by atoms with Crippen molar-refractivity contribution >= 4 is 5.91 Å². The Kier molecular flexibility index (Phi) is 5.19. The summed E-state index contributed by atoms with van der Waals surface area (Å²) in [5.74, 6) is 0.916. The fourth-order valence-corrected chi connectivity index (χ4v) is 2.87. The van der Waals surface area contributed by atoms with Crippen LogP contribution in [0.2, 0.25) is 0 Å². The van der Waals surface area contributed by atoms with Gasteiger partial charge in [-0.1, -0.05) is 12.1 Å². The lowest BCUT2D eigenvalue weighted by molar-refractivity contribution is -0.150. The first-order valence-electron chi connectivity index (χ1n) is 7.96. The second-order valence-corrected chi connectivity index (χ2v) is 5.81. The number of carbonyl (C=O) groups excluding carboxylic acids is 1. The van der Waals surface area contributed by atoms with Gasteiger partial charge >= 0.3 is 0 Å². The zero-order valence-electron chi connectivity index (χ0n) is 14.2. The molecule has 132 valence electrons. The number of amides is 1. The van der Waals surface area contributed by atoms with Crippen molar-refractivity contribution in [2.75, 3.05) is 27.4 Å². The van der Waals surface area contributed by atoms with Gasteiger partial charge < -0.3 is 19.1 Å². The lowest BCUT2D eigenvalue weighted by Crippen LogP contribution is -2.42. The van der Waals surface area contributed by atoms with E-state index in [4.69, 9.17) is 14.2 Å². The largest absolute Gasteiger partial charge is 0.497 e. The van der Waals surface area contributed by atoms with Gasteiger partial charge in [-0.2, -0.15) is 0 Å². The molecule has 1 atom stereocenters. The van der Waals surface area contributed by atoms with E-state index in [2.05, 4.69) is 0 Å². The molecule has 0 aromatic heterocycles. The highest BCUT2D eigenvalue weighted by atomic mass is 19.1. The van der Waals surface area contributed by atoms with Crippen LogP contribution in [0.3, 0.4) is 0 Å². The van der Waals surface area contributed by atoms with E-state index < -0.39 is 0 Å². The third kappa shape index (κ3) is 3.91. The van der Waals surface area contributed by atoms with Gasteiger partial charge in [-0.25, -0.2) is 4.39 Å². The lowest BCUT2D eigenvalue weighted by atomic mass is 10.1. The second-order valence-electron chi connectivity index (χ2n) is 5.81. The van der Waals surface area contributed by atoms with Gasteiger partial charge in [0.25, 0.3) is 0 Å². The van der Waals surface area contributed by atoms with E-state index in [1.807, 2.05) is 12.1 Å². The molecule has 1 amide bonds. The van der Waals surface area contributed by atoms with E-state index in [1.165, 1.54) is 12.1 Å². The van der Waals surface area contributed by atoms with Crippen molar-refractivity contribution < 1.29 is 23.4 Å². The van der Waals surface area contributed by atoms with Crippen molar-refractivity contribution in [1.82, 2.24) is 4.90 Å². The number of benzene rings is 2. The van der Waals surface area contributed by atoms with Crippen LogP contribution in [0.5, 0.6) is 11.5 Å². The highest BCUT2D eigenvalue weighted by molar-refractivity contribution is 5.78. The number of hydrogen-bond donors (Lipinski definition) is 0. The first kappa shape index (κ1) is 17.2. The molecular weight excluding hydrogens is 325 g/mol. The van der Waals surface area contributed by atoms with Crippen molar-refractivity contribution in [3.05, 3.63) is 59.4 Å². The molecule has 5 nitrogen and oxygen atoms in total. The maximum Gasteiger partial charge on any atom is 0.249 e. The Bertz CT molecular complexity index is 765. The van der Waals surface area contributed by atoms with Crippen LogP contribution in [0, 0.1) is 5.82 Å². The summed E-state index contributed by atoms with van der Waals surface area (Å²) in [4.78, 5) is 13.9. The maximum absolute atomic E-state index is 13.4. The monoisotopic (exact) mass is 345 g/mol. The molecule has 0 radical (unpaired) electrons. The molecule has 1 heterocycles. The highest BCUT2D eigenvalue weighted by Gasteiger charge is 2.28. The van der Waals surface area contributed by atoms with Gasteiger partial charge in [0, 0.05) is 18.2 Å². The fourth-order valence-electron chi connectivity index (χ4n) is 2.87. The number of ether oxygens (including phenoxy) is 3. The summed E-state index contributed by atoms with van der Waals surface area (Å²) in [5.41, 5.74) is 1.59. The van der Waals surface area contributed by atoms with Gasteiger partial charge in [0.1, 0.15) is 30.0 Å². The predicted octanol–water partition coefficient (Wildman–Crippen LogP) is 2.94. The first-order valence-corrected chi connectivity index (χ1v) is 7.96. The zero-order valence-corrected chi connectivity index (χ0v) is 14.2. The summed E-state index contributed by atoms with van der Waals surface area (Å²) in [6.07, 6.45) is -0.349. The Hall–Kier alpha value is -2.60. The summed E-state index contributed by atoms with van der Waals surface area (Å²) in [6, 6.07) is 11.7. The van der Waals surface area contributed by atoms with E-state index in [0.29, 0.717) is 24.6 Å². The van der Waals surface area contributed by atoms with Crippen LogP contribution >= 0.6 is 0 Å². The summed E-state index contributed by atoms with van der Waals surface area (Å²) < 4.78 is 29.6. The number of nitrogens with zero attached hydrogens (tertiary/aromatic N) is 1. The fraction of sp³-hybridized carbons (Fsp3) is 0.316. The standard InChI is InChI=1S/C19H20FNO4/c1-23-16-7-6-14(17(9-16)24-2)10-21-11-18(25-12-19(21)22)13-4-3-5-15(20)8-13/h3-9,18H,10-12H2,1-2H3. The molecule has 0 spiro atoms. The van der Waals surface area contributed by atoms with E-state index in [-0.39, 0.29) is 24.4 Å². The number of halogens is 1. The van der Waals surface area contributed by atoms with E-state index in [1.54, 1.807) is 37.3 Å². The first-order chi connectivity index (χ1) is 12.1. The third-order valence-corrected chi connectivity index (χ3v) is 4.22. The van der Waals surface area contributed by atoms with Crippen molar-refractivity contribution in [1.29, 1.82) is 0 Å².